The quantitative estimate of drug-likeness (QED) is 0.736. The molecule has 0 bridgehead atoms. The van der Waals surface area contributed by atoms with E-state index in [0.717, 1.165) is 18.4 Å². The molecule has 0 radical (unpaired) electrons. The Morgan fingerprint density at radius 2 is 1.90 bits per heavy atom. The van der Waals surface area contributed by atoms with Crippen molar-refractivity contribution in [1.82, 2.24) is 5.32 Å². The third kappa shape index (κ3) is 3.73. The van der Waals surface area contributed by atoms with E-state index in [-0.39, 0.29) is 24.0 Å². The Morgan fingerprint density at radius 3 is 2.40 bits per heavy atom. The normalized spacial score (nSPS) is 17.2. The lowest BCUT2D eigenvalue weighted by atomic mass is 10.0. The van der Waals surface area contributed by atoms with Gasteiger partial charge in [-0.05, 0) is 36.5 Å². The zero-order chi connectivity index (χ0) is 14.7. The van der Waals surface area contributed by atoms with Crippen molar-refractivity contribution in [3.63, 3.8) is 0 Å². The van der Waals surface area contributed by atoms with E-state index in [2.05, 4.69) is 5.32 Å². The molecule has 1 aromatic carbocycles. The van der Waals surface area contributed by atoms with Crippen molar-refractivity contribution >= 4 is 11.9 Å². The van der Waals surface area contributed by atoms with Gasteiger partial charge in [-0.2, -0.15) is 0 Å². The van der Waals surface area contributed by atoms with Crippen molar-refractivity contribution in [3.8, 4) is 5.75 Å². The molecule has 0 heterocycles. The second-order valence-corrected chi connectivity index (χ2v) is 5.40. The summed E-state index contributed by atoms with van der Waals surface area (Å²) in [6.45, 7) is 1.84. The van der Waals surface area contributed by atoms with Crippen LogP contribution in [0, 0.1) is 11.8 Å². The molecular formula is C15H19NO4. The Hall–Kier alpha value is -2.04. The second kappa shape index (κ2) is 5.94. The molecule has 3 N–H and O–H groups in total. The molecule has 108 valence electrons. The molecule has 0 spiro atoms. The summed E-state index contributed by atoms with van der Waals surface area (Å²) in [6.07, 6.45) is 2.30. The van der Waals surface area contributed by atoms with Gasteiger partial charge in [-0.25, -0.2) is 4.79 Å². The van der Waals surface area contributed by atoms with Crippen LogP contribution in [0.2, 0.25) is 0 Å². The summed E-state index contributed by atoms with van der Waals surface area (Å²) in [5, 5.41) is 21.0. The van der Waals surface area contributed by atoms with Gasteiger partial charge in [0.2, 0.25) is 5.91 Å². The largest absolute Gasteiger partial charge is 0.508 e. The predicted molar refractivity (Wildman–Crippen MR) is 73.3 cm³/mol. The SMILES string of the molecule is CC(C(=O)N[C@@H](Cc1ccc(O)cc1)C(=O)O)C1CC1. The summed E-state index contributed by atoms with van der Waals surface area (Å²) in [5.74, 6) is -0.838. The fourth-order valence-electron chi connectivity index (χ4n) is 2.18. The van der Waals surface area contributed by atoms with Crippen molar-refractivity contribution < 1.29 is 19.8 Å². The topological polar surface area (TPSA) is 86.6 Å². The highest BCUT2D eigenvalue weighted by Crippen LogP contribution is 2.36. The third-order valence-electron chi connectivity index (χ3n) is 3.73. The van der Waals surface area contributed by atoms with E-state index in [1.54, 1.807) is 12.1 Å². The molecule has 0 aromatic heterocycles. The molecule has 0 saturated heterocycles. The van der Waals surface area contributed by atoms with E-state index in [1.165, 1.54) is 12.1 Å². The molecule has 1 aromatic rings. The maximum atomic E-state index is 12.0. The summed E-state index contributed by atoms with van der Waals surface area (Å²) in [5.41, 5.74) is 0.759. The predicted octanol–water partition coefficient (Wildman–Crippen LogP) is 1.55. The second-order valence-electron chi connectivity index (χ2n) is 5.40. The molecule has 1 fully saturated rings. The first-order valence-corrected chi connectivity index (χ1v) is 6.78. The molecule has 1 saturated carbocycles. The highest BCUT2D eigenvalue weighted by molar-refractivity contribution is 5.85. The highest BCUT2D eigenvalue weighted by atomic mass is 16.4. The molecule has 5 nitrogen and oxygen atoms in total. The molecule has 2 rings (SSSR count). The molecular weight excluding hydrogens is 258 g/mol. The van der Waals surface area contributed by atoms with Crippen molar-refractivity contribution in [2.75, 3.05) is 0 Å². The van der Waals surface area contributed by atoms with E-state index >= 15 is 0 Å². The van der Waals surface area contributed by atoms with Crippen LogP contribution in [0.1, 0.15) is 25.3 Å². The van der Waals surface area contributed by atoms with E-state index in [9.17, 15) is 19.8 Å². The van der Waals surface area contributed by atoms with Crippen LogP contribution in [0.15, 0.2) is 24.3 Å². The monoisotopic (exact) mass is 277 g/mol. The van der Waals surface area contributed by atoms with Gasteiger partial charge in [0.1, 0.15) is 11.8 Å². The van der Waals surface area contributed by atoms with Gasteiger partial charge in [0.25, 0.3) is 0 Å². The van der Waals surface area contributed by atoms with Gasteiger partial charge in [-0.15, -0.1) is 0 Å². The maximum Gasteiger partial charge on any atom is 0.326 e. The lowest BCUT2D eigenvalue weighted by molar-refractivity contribution is -0.142. The Bertz CT molecular complexity index is 493. The number of carbonyl (C=O) groups excluding carboxylic acids is 1. The van der Waals surface area contributed by atoms with Crippen LogP contribution < -0.4 is 5.32 Å². The Kier molecular flexibility index (Phi) is 4.27. The number of amides is 1. The smallest absolute Gasteiger partial charge is 0.326 e. The Balaban J connectivity index is 1.97. The van der Waals surface area contributed by atoms with E-state index in [1.807, 2.05) is 6.92 Å². The number of carboxylic acid groups (broad SMARTS) is 1. The van der Waals surface area contributed by atoms with Gasteiger partial charge in [0.05, 0.1) is 0 Å². The number of hydrogen-bond acceptors (Lipinski definition) is 3. The van der Waals surface area contributed by atoms with Crippen LogP contribution in [0.3, 0.4) is 0 Å². The minimum absolute atomic E-state index is 0.128. The first-order chi connectivity index (χ1) is 9.47. The number of phenols is 1. The fourth-order valence-corrected chi connectivity index (χ4v) is 2.18. The standard InChI is InChI=1S/C15H19NO4/c1-9(11-4-5-11)14(18)16-13(15(19)20)8-10-2-6-12(17)7-3-10/h2-3,6-7,9,11,13,17H,4-5,8H2,1H3,(H,16,18)(H,19,20)/t9?,13-/m0/s1. The van der Waals surface area contributed by atoms with Crippen LogP contribution in [-0.2, 0) is 16.0 Å². The highest BCUT2D eigenvalue weighted by Gasteiger charge is 2.34. The minimum atomic E-state index is -1.05. The lowest BCUT2D eigenvalue weighted by Gasteiger charge is -2.17. The Labute approximate surface area is 117 Å². The van der Waals surface area contributed by atoms with Gasteiger partial charge in [0, 0.05) is 12.3 Å². The average Bonchev–Trinajstić information content (AvgIpc) is 3.23. The third-order valence-corrected chi connectivity index (χ3v) is 3.73. The van der Waals surface area contributed by atoms with Crippen molar-refractivity contribution in [2.45, 2.75) is 32.2 Å². The van der Waals surface area contributed by atoms with Gasteiger partial charge in [0.15, 0.2) is 0 Å². The van der Waals surface area contributed by atoms with Crippen LogP contribution in [0.5, 0.6) is 5.75 Å². The first kappa shape index (κ1) is 14.4. The van der Waals surface area contributed by atoms with E-state index < -0.39 is 12.0 Å². The number of benzene rings is 1. The number of aromatic hydroxyl groups is 1. The zero-order valence-electron chi connectivity index (χ0n) is 11.4. The Morgan fingerprint density at radius 1 is 1.30 bits per heavy atom. The molecule has 0 aliphatic heterocycles. The fraction of sp³-hybridized carbons (Fsp3) is 0.467. The number of nitrogens with one attached hydrogen (secondary N) is 1. The maximum absolute atomic E-state index is 12.0. The summed E-state index contributed by atoms with van der Waals surface area (Å²) in [6, 6.07) is 5.38. The zero-order valence-corrected chi connectivity index (χ0v) is 11.4. The van der Waals surface area contributed by atoms with Crippen LogP contribution >= 0.6 is 0 Å². The molecule has 20 heavy (non-hydrogen) atoms. The minimum Gasteiger partial charge on any atom is -0.508 e. The molecule has 1 amide bonds. The molecule has 5 heteroatoms. The lowest BCUT2D eigenvalue weighted by Crippen LogP contribution is -2.44. The molecule has 1 aliphatic carbocycles. The molecule has 1 unspecified atom stereocenters. The van der Waals surface area contributed by atoms with Gasteiger partial charge in [-0.1, -0.05) is 19.1 Å². The van der Waals surface area contributed by atoms with Gasteiger partial charge < -0.3 is 15.5 Å². The number of carbonyl (C=O) groups is 2. The molecule has 1 aliphatic rings. The number of carboxylic acids is 1. The summed E-state index contributed by atoms with van der Waals surface area (Å²) >= 11 is 0. The van der Waals surface area contributed by atoms with Crippen LogP contribution in [-0.4, -0.2) is 28.1 Å². The van der Waals surface area contributed by atoms with Crippen LogP contribution in [0.25, 0.3) is 0 Å². The van der Waals surface area contributed by atoms with Crippen molar-refractivity contribution in [2.24, 2.45) is 11.8 Å². The summed E-state index contributed by atoms with van der Waals surface area (Å²) in [4.78, 5) is 23.2. The summed E-state index contributed by atoms with van der Waals surface area (Å²) in [7, 11) is 0. The van der Waals surface area contributed by atoms with Crippen molar-refractivity contribution in [1.29, 1.82) is 0 Å². The van der Waals surface area contributed by atoms with E-state index in [0.29, 0.717) is 5.92 Å². The summed E-state index contributed by atoms with van der Waals surface area (Å²) < 4.78 is 0. The van der Waals surface area contributed by atoms with Gasteiger partial charge in [-0.3, -0.25) is 4.79 Å². The van der Waals surface area contributed by atoms with E-state index in [4.69, 9.17) is 0 Å². The van der Waals surface area contributed by atoms with Crippen molar-refractivity contribution in [3.05, 3.63) is 29.8 Å². The number of phenolic OH excluding ortho intramolecular Hbond substituents is 1. The first-order valence-electron chi connectivity index (χ1n) is 6.78. The van der Waals surface area contributed by atoms with Gasteiger partial charge >= 0.3 is 5.97 Å². The number of rotatable bonds is 6. The average molecular weight is 277 g/mol. The van der Waals surface area contributed by atoms with Crippen LogP contribution in [0.4, 0.5) is 0 Å². The number of aliphatic carboxylic acids is 1. The molecule has 2 atom stereocenters. The number of hydrogen-bond donors (Lipinski definition) is 3.